The van der Waals surface area contributed by atoms with Gasteiger partial charge in [-0.1, -0.05) is 240 Å². The number of carbonyl (C=O) groups is 7. The van der Waals surface area contributed by atoms with Crippen LogP contribution in [-0.4, -0.2) is 86.5 Å². The Hall–Kier alpha value is -10.7. The van der Waals surface area contributed by atoms with Gasteiger partial charge in [0.05, 0.1) is 39.6 Å². The van der Waals surface area contributed by atoms with E-state index in [4.69, 9.17) is 28.8 Å². The Labute approximate surface area is 543 Å². The summed E-state index contributed by atoms with van der Waals surface area (Å²) in [6.07, 6.45) is 8.17. The summed E-state index contributed by atoms with van der Waals surface area (Å²) in [6, 6.07) is 67.0. The highest BCUT2D eigenvalue weighted by Gasteiger charge is 2.05. The van der Waals surface area contributed by atoms with Crippen LogP contribution in [0.5, 0.6) is 0 Å². The summed E-state index contributed by atoms with van der Waals surface area (Å²) < 4.78 is 29.1. The summed E-state index contributed by atoms with van der Waals surface area (Å²) in [7, 11) is 0. The van der Waals surface area contributed by atoms with Crippen LogP contribution in [-0.2, 0) is 101 Å². The minimum Gasteiger partial charge on any atom is -0.478 e. The molecule has 0 aromatic heterocycles. The molecule has 0 fully saturated rings. The van der Waals surface area contributed by atoms with E-state index in [2.05, 4.69) is 129 Å². The fourth-order valence-electron chi connectivity index (χ4n) is 7.04. The molecule has 0 bridgehead atoms. The van der Waals surface area contributed by atoms with Gasteiger partial charge in [0, 0.05) is 74.0 Å². The number of benzene rings is 7. The van der Waals surface area contributed by atoms with E-state index < -0.39 is 5.97 Å². The molecule has 0 saturated carbocycles. The number of ether oxygens (including phenoxy) is 6. The third-order valence-electron chi connectivity index (χ3n) is 11.9. The van der Waals surface area contributed by atoms with E-state index in [0.717, 1.165) is 37.7 Å². The van der Waals surface area contributed by atoms with E-state index in [0.29, 0.717) is 57.2 Å². The van der Waals surface area contributed by atoms with Crippen LogP contribution in [0.15, 0.2) is 275 Å². The summed E-state index contributed by atoms with van der Waals surface area (Å²) in [5.41, 5.74) is 11.9. The van der Waals surface area contributed by atoms with Crippen LogP contribution in [0.4, 0.5) is 0 Å². The maximum Gasteiger partial charge on any atom is 0.333 e. The van der Waals surface area contributed by atoms with Crippen molar-refractivity contribution in [2.24, 2.45) is 0 Å². The number of hydrogen-bond acceptors (Lipinski definition) is 13. The Bertz CT molecular complexity index is 3220. The van der Waals surface area contributed by atoms with Crippen LogP contribution in [0.1, 0.15) is 73.6 Å². The zero-order valence-electron chi connectivity index (χ0n) is 53.8. The SMILES string of the molecule is C=C(C)C(=O)O.C=C(C)C(=O)OCCc1ccccc1.C=C(C)C(=O)OCCc1ccccc1.C=CC(=O)OCCc1ccc(-c2ccccc2)cc1.C=CC(=O)OCCc1ccc(Cc2ccccc2)cc1.C=CC(=O)OCCc1ccccc1.CCOC(C)=O. The van der Waals surface area contributed by atoms with Crippen molar-refractivity contribution >= 4 is 41.8 Å². The lowest BCUT2D eigenvalue weighted by Gasteiger charge is -2.05. The van der Waals surface area contributed by atoms with Crippen molar-refractivity contribution in [3.05, 3.63) is 314 Å². The van der Waals surface area contributed by atoms with Crippen molar-refractivity contribution in [2.75, 3.05) is 39.6 Å². The third-order valence-corrected chi connectivity index (χ3v) is 11.9. The van der Waals surface area contributed by atoms with E-state index in [1.165, 1.54) is 76.6 Å². The van der Waals surface area contributed by atoms with Crippen LogP contribution in [0.3, 0.4) is 0 Å². The summed E-state index contributed by atoms with van der Waals surface area (Å²) in [6.45, 7) is 30.6. The number of carbonyl (C=O) groups excluding carboxylic acids is 6. The number of carboxylic acid groups (broad SMARTS) is 1. The molecule has 0 amide bonds. The first kappa shape index (κ1) is 79.3. The molecule has 0 atom stereocenters. The Balaban J connectivity index is 0.000000555. The molecular formula is C78H88O14. The van der Waals surface area contributed by atoms with Gasteiger partial charge in [-0.2, -0.15) is 0 Å². The predicted octanol–water partition coefficient (Wildman–Crippen LogP) is 15.0. The monoisotopic (exact) mass is 1250 g/mol. The minimum atomic E-state index is -0.935. The summed E-state index contributed by atoms with van der Waals surface area (Å²) in [5.74, 6) is -2.89. The second-order valence-electron chi connectivity index (χ2n) is 19.7. The molecule has 92 heavy (non-hydrogen) atoms. The second kappa shape index (κ2) is 50.2. The maximum absolute atomic E-state index is 11.0. The fraction of sp³-hybridized carbons (Fsp3) is 0.218. The third kappa shape index (κ3) is 41.4. The Morgan fingerprint density at radius 2 is 0.576 bits per heavy atom. The number of aliphatic carboxylic acids is 1. The number of hydrogen-bond donors (Lipinski definition) is 1. The average molecular weight is 1250 g/mol. The van der Waals surface area contributed by atoms with Crippen LogP contribution >= 0.6 is 0 Å². The largest absolute Gasteiger partial charge is 0.478 e. The molecule has 0 heterocycles. The van der Waals surface area contributed by atoms with E-state index in [1.807, 2.05) is 115 Å². The molecular weight excluding hydrogens is 1160 g/mol. The lowest BCUT2D eigenvalue weighted by Crippen LogP contribution is -2.07. The van der Waals surface area contributed by atoms with Crippen molar-refractivity contribution in [3.8, 4) is 11.1 Å². The number of rotatable bonds is 25. The summed E-state index contributed by atoms with van der Waals surface area (Å²) >= 11 is 0. The first-order valence-electron chi connectivity index (χ1n) is 29.6. The van der Waals surface area contributed by atoms with Gasteiger partial charge in [-0.15, -0.1) is 0 Å². The molecule has 1 N–H and O–H groups in total. The quantitative estimate of drug-likeness (QED) is 0.0322. The Morgan fingerprint density at radius 1 is 0.337 bits per heavy atom. The molecule has 0 spiro atoms. The van der Waals surface area contributed by atoms with E-state index in [1.54, 1.807) is 20.8 Å². The molecule has 14 nitrogen and oxygen atoms in total. The molecule has 0 unspecified atom stereocenters. The number of carboxylic acids is 1. The Morgan fingerprint density at radius 3 is 0.837 bits per heavy atom. The van der Waals surface area contributed by atoms with E-state index >= 15 is 0 Å². The second-order valence-corrected chi connectivity index (χ2v) is 19.7. The molecule has 0 saturated heterocycles. The van der Waals surface area contributed by atoms with Gasteiger partial charge in [-0.05, 0) is 84.2 Å². The lowest BCUT2D eigenvalue weighted by atomic mass is 10.0. The van der Waals surface area contributed by atoms with E-state index in [9.17, 15) is 33.6 Å². The normalized spacial score (nSPS) is 9.40. The van der Waals surface area contributed by atoms with E-state index in [-0.39, 0.29) is 41.4 Å². The topological polar surface area (TPSA) is 195 Å². The molecule has 0 aliphatic heterocycles. The zero-order valence-corrected chi connectivity index (χ0v) is 53.8. The van der Waals surface area contributed by atoms with Gasteiger partial charge in [0.2, 0.25) is 0 Å². The van der Waals surface area contributed by atoms with Crippen molar-refractivity contribution in [1.29, 1.82) is 0 Å². The van der Waals surface area contributed by atoms with Crippen molar-refractivity contribution in [2.45, 2.75) is 73.1 Å². The molecule has 14 heteroatoms. The van der Waals surface area contributed by atoms with Gasteiger partial charge in [0.1, 0.15) is 0 Å². The van der Waals surface area contributed by atoms with Crippen LogP contribution in [0.2, 0.25) is 0 Å². The number of esters is 6. The van der Waals surface area contributed by atoms with Gasteiger partial charge in [-0.25, -0.2) is 28.8 Å². The van der Waals surface area contributed by atoms with Crippen LogP contribution in [0.25, 0.3) is 11.1 Å². The van der Waals surface area contributed by atoms with Gasteiger partial charge in [-0.3, -0.25) is 4.79 Å². The highest BCUT2D eigenvalue weighted by Crippen LogP contribution is 2.19. The van der Waals surface area contributed by atoms with Crippen LogP contribution < -0.4 is 0 Å². The van der Waals surface area contributed by atoms with Gasteiger partial charge >= 0.3 is 41.8 Å². The van der Waals surface area contributed by atoms with Gasteiger partial charge in [0.25, 0.3) is 0 Å². The minimum absolute atomic E-state index is 0.176. The lowest BCUT2D eigenvalue weighted by molar-refractivity contribution is -0.141. The zero-order chi connectivity index (χ0) is 68.2. The van der Waals surface area contributed by atoms with Crippen LogP contribution in [0, 0.1) is 0 Å². The highest BCUT2D eigenvalue weighted by molar-refractivity contribution is 5.87. The summed E-state index contributed by atoms with van der Waals surface area (Å²) in [4.78, 5) is 73.9. The fourth-order valence-corrected chi connectivity index (χ4v) is 7.04. The molecule has 0 aliphatic rings. The van der Waals surface area contributed by atoms with Crippen molar-refractivity contribution in [1.82, 2.24) is 0 Å². The van der Waals surface area contributed by atoms with Crippen molar-refractivity contribution < 1.29 is 67.1 Å². The molecule has 7 aromatic rings. The maximum atomic E-state index is 11.0. The van der Waals surface area contributed by atoms with Gasteiger partial charge < -0.3 is 33.5 Å². The summed E-state index contributed by atoms with van der Waals surface area (Å²) in [5, 5.41) is 7.89. The molecule has 0 radical (unpaired) electrons. The standard InChI is InChI=1S/C18H18O2.C17H16O2.2C12H14O2.C11H12O2.C4H8O2.C4H6O2/c1-2-18(19)20-13-12-15-8-10-17(11-9-15)14-16-6-4-3-5-7-16;1-2-17(18)19-13-12-14-8-10-16(11-9-14)15-6-4-3-5-7-15;2*1-10(2)12(13)14-9-8-11-6-4-3-5-7-11;1-2-11(12)13-9-8-10-6-4-3-5-7-10;1-3-6-4(2)5;1-3(2)4(5)6/h2-11H,1,12-14H2;2-11H,1,12-13H2;2*3-7H,1,8-9H2,2H3;2-7H,1,8-9H2;3H2,1-2H3;1H2,2H3,(H,5,6). The highest BCUT2D eigenvalue weighted by atomic mass is 16.5. The first-order chi connectivity index (χ1) is 44.2. The first-order valence-corrected chi connectivity index (χ1v) is 29.6. The van der Waals surface area contributed by atoms with Gasteiger partial charge in [0.15, 0.2) is 0 Å². The molecule has 0 aliphatic carbocycles. The Kier molecular flexibility index (Phi) is 43.2. The average Bonchev–Trinajstić information content (AvgIpc) is 2.94. The smallest absolute Gasteiger partial charge is 0.333 e. The molecule has 7 rings (SSSR count). The van der Waals surface area contributed by atoms with Crippen molar-refractivity contribution in [3.63, 3.8) is 0 Å². The predicted molar refractivity (Wildman–Crippen MR) is 365 cm³/mol. The molecule has 7 aromatic carbocycles. The molecule has 484 valence electrons.